The van der Waals surface area contributed by atoms with Gasteiger partial charge in [0.1, 0.15) is 6.04 Å². The number of carboxylic acids is 1. The predicted octanol–water partition coefficient (Wildman–Crippen LogP) is 2.42. The van der Waals surface area contributed by atoms with Gasteiger partial charge in [-0.15, -0.1) is 0 Å². The number of carboxylic acid groups (broad SMARTS) is 1. The normalized spacial score (nSPS) is 21.9. The Balaban J connectivity index is 2.08. The summed E-state index contributed by atoms with van der Waals surface area (Å²) in [6.07, 6.45) is 1.71. The molecule has 0 aliphatic carbocycles. The number of likely N-dealkylation sites (tertiary alicyclic amines) is 1. The molecule has 0 radical (unpaired) electrons. The molecule has 1 aromatic carbocycles. The molecule has 0 spiro atoms. The first-order valence-electron chi connectivity index (χ1n) is 7.29. The van der Waals surface area contributed by atoms with Gasteiger partial charge in [0.2, 0.25) is 0 Å². The maximum absolute atomic E-state index is 12.6. The van der Waals surface area contributed by atoms with Gasteiger partial charge in [0.05, 0.1) is 0 Å². The third-order valence-corrected chi connectivity index (χ3v) is 4.02. The first kappa shape index (κ1) is 15.4. The number of carbonyl (C=O) groups excluding carboxylic acids is 1. The van der Waals surface area contributed by atoms with Crippen LogP contribution >= 0.6 is 0 Å². The summed E-state index contributed by atoms with van der Waals surface area (Å²) in [5, 5.41) is 9.39. The molecule has 1 aliphatic rings. The molecule has 0 aromatic heterocycles. The number of carbonyl (C=O) groups is 2. The van der Waals surface area contributed by atoms with Crippen LogP contribution in [0.1, 0.15) is 25.3 Å². The number of rotatable bonds is 3. The predicted molar refractivity (Wildman–Crippen MR) is 79.8 cm³/mol. The summed E-state index contributed by atoms with van der Waals surface area (Å²) in [5.41, 5.74) is 1.03. The van der Waals surface area contributed by atoms with Crippen LogP contribution in [-0.2, 0) is 11.3 Å². The largest absolute Gasteiger partial charge is 0.480 e. The Labute approximate surface area is 125 Å². The van der Waals surface area contributed by atoms with Crippen LogP contribution in [0.2, 0.25) is 0 Å². The standard InChI is InChI=1S/C16H22N2O3/c1-12-7-6-10-18(14(12)15(19)20)16(21)17(2)11-13-8-4-3-5-9-13/h3-5,8-9,12,14H,6-7,10-11H2,1-2H3,(H,19,20). The lowest BCUT2D eigenvalue weighted by Gasteiger charge is -2.39. The van der Waals surface area contributed by atoms with Crippen molar-refractivity contribution in [1.82, 2.24) is 9.80 Å². The first-order valence-corrected chi connectivity index (χ1v) is 7.29. The Morgan fingerprint density at radius 2 is 2.00 bits per heavy atom. The molecule has 0 bridgehead atoms. The molecule has 2 rings (SSSR count). The molecule has 1 saturated heterocycles. The van der Waals surface area contributed by atoms with Crippen LogP contribution in [0.15, 0.2) is 30.3 Å². The molecule has 1 fully saturated rings. The molecule has 1 aliphatic heterocycles. The highest BCUT2D eigenvalue weighted by Crippen LogP contribution is 2.24. The highest BCUT2D eigenvalue weighted by atomic mass is 16.4. The average Bonchev–Trinajstić information content (AvgIpc) is 2.46. The maximum atomic E-state index is 12.6. The van der Waals surface area contributed by atoms with E-state index in [1.54, 1.807) is 11.9 Å². The fourth-order valence-electron chi connectivity index (χ4n) is 2.92. The number of amides is 2. The molecule has 1 heterocycles. The summed E-state index contributed by atoms with van der Waals surface area (Å²) in [7, 11) is 1.72. The Kier molecular flexibility index (Phi) is 4.83. The van der Waals surface area contributed by atoms with Gasteiger partial charge in [-0.3, -0.25) is 0 Å². The van der Waals surface area contributed by atoms with Crippen LogP contribution in [0, 0.1) is 5.92 Å². The van der Waals surface area contributed by atoms with Crippen molar-refractivity contribution in [3.05, 3.63) is 35.9 Å². The Morgan fingerprint density at radius 3 is 2.62 bits per heavy atom. The summed E-state index contributed by atoms with van der Waals surface area (Å²) < 4.78 is 0. The lowest BCUT2D eigenvalue weighted by molar-refractivity contribution is -0.145. The van der Waals surface area contributed by atoms with E-state index in [4.69, 9.17) is 0 Å². The lowest BCUT2D eigenvalue weighted by Crippen LogP contribution is -2.55. The molecule has 21 heavy (non-hydrogen) atoms. The van der Waals surface area contributed by atoms with Gasteiger partial charge in [-0.2, -0.15) is 0 Å². The van der Waals surface area contributed by atoms with Crippen molar-refractivity contribution in [3.63, 3.8) is 0 Å². The molecule has 0 saturated carbocycles. The minimum absolute atomic E-state index is 0.00896. The van der Waals surface area contributed by atoms with Crippen molar-refractivity contribution in [2.24, 2.45) is 5.92 Å². The summed E-state index contributed by atoms with van der Waals surface area (Å²) in [6, 6.07) is 8.77. The number of hydrogen-bond acceptors (Lipinski definition) is 2. The molecular weight excluding hydrogens is 268 g/mol. The molecule has 1 aromatic rings. The van der Waals surface area contributed by atoms with Gasteiger partial charge in [0.15, 0.2) is 0 Å². The van der Waals surface area contributed by atoms with E-state index in [0.717, 1.165) is 18.4 Å². The molecule has 2 amide bonds. The van der Waals surface area contributed by atoms with E-state index in [0.29, 0.717) is 13.1 Å². The minimum atomic E-state index is -0.913. The van der Waals surface area contributed by atoms with E-state index >= 15 is 0 Å². The Morgan fingerprint density at radius 1 is 1.33 bits per heavy atom. The van der Waals surface area contributed by atoms with Crippen LogP contribution in [0.3, 0.4) is 0 Å². The molecule has 2 atom stereocenters. The van der Waals surface area contributed by atoms with Crippen molar-refractivity contribution in [2.75, 3.05) is 13.6 Å². The molecule has 5 nitrogen and oxygen atoms in total. The van der Waals surface area contributed by atoms with Crippen LogP contribution < -0.4 is 0 Å². The number of benzene rings is 1. The van der Waals surface area contributed by atoms with Gasteiger partial charge in [-0.25, -0.2) is 9.59 Å². The molecule has 2 unspecified atom stereocenters. The molecule has 1 N–H and O–H groups in total. The zero-order valence-electron chi connectivity index (χ0n) is 12.5. The highest BCUT2D eigenvalue weighted by Gasteiger charge is 2.38. The highest BCUT2D eigenvalue weighted by molar-refractivity contribution is 5.83. The quantitative estimate of drug-likeness (QED) is 0.930. The van der Waals surface area contributed by atoms with Crippen LogP contribution in [0.5, 0.6) is 0 Å². The van der Waals surface area contributed by atoms with Crippen molar-refractivity contribution in [1.29, 1.82) is 0 Å². The number of aliphatic carboxylic acids is 1. The average molecular weight is 290 g/mol. The van der Waals surface area contributed by atoms with Crippen molar-refractivity contribution < 1.29 is 14.7 Å². The van der Waals surface area contributed by atoms with Crippen molar-refractivity contribution >= 4 is 12.0 Å². The number of urea groups is 1. The van der Waals surface area contributed by atoms with E-state index in [-0.39, 0.29) is 11.9 Å². The SMILES string of the molecule is CC1CCCN(C(=O)N(C)Cc2ccccc2)C1C(=O)O. The zero-order chi connectivity index (χ0) is 15.4. The van der Waals surface area contributed by atoms with Gasteiger partial charge < -0.3 is 14.9 Å². The third kappa shape index (κ3) is 3.54. The van der Waals surface area contributed by atoms with Crippen LogP contribution in [-0.4, -0.2) is 46.5 Å². The Hall–Kier alpha value is -2.04. The van der Waals surface area contributed by atoms with Gasteiger partial charge in [-0.1, -0.05) is 37.3 Å². The second-order valence-electron chi connectivity index (χ2n) is 5.72. The van der Waals surface area contributed by atoms with Gasteiger partial charge in [-0.05, 0) is 24.3 Å². The lowest BCUT2D eigenvalue weighted by atomic mass is 9.91. The van der Waals surface area contributed by atoms with Gasteiger partial charge in [0.25, 0.3) is 0 Å². The number of nitrogens with zero attached hydrogens (tertiary/aromatic N) is 2. The molecule has 5 heteroatoms. The third-order valence-electron chi connectivity index (χ3n) is 4.02. The van der Waals surface area contributed by atoms with E-state index in [1.807, 2.05) is 37.3 Å². The van der Waals surface area contributed by atoms with Crippen LogP contribution in [0.4, 0.5) is 4.79 Å². The zero-order valence-corrected chi connectivity index (χ0v) is 12.5. The summed E-state index contributed by atoms with van der Waals surface area (Å²) in [6.45, 7) is 2.89. The number of piperidine rings is 1. The fraction of sp³-hybridized carbons (Fsp3) is 0.500. The van der Waals surface area contributed by atoms with E-state index in [9.17, 15) is 14.7 Å². The second-order valence-corrected chi connectivity index (χ2v) is 5.72. The maximum Gasteiger partial charge on any atom is 0.326 e. The van der Waals surface area contributed by atoms with E-state index in [2.05, 4.69) is 0 Å². The minimum Gasteiger partial charge on any atom is -0.480 e. The smallest absolute Gasteiger partial charge is 0.326 e. The molecular formula is C16H22N2O3. The van der Waals surface area contributed by atoms with Crippen molar-refractivity contribution in [2.45, 2.75) is 32.4 Å². The fourth-order valence-corrected chi connectivity index (χ4v) is 2.92. The van der Waals surface area contributed by atoms with Gasteiger partial charge in [0, 0.05) is 20.1 Å². The summed E-state index contributed by atoms with van der Waals surface area (Å²) in [5.74, 6) is -0.922. The first-order chi connectivity index (χ1) is 10.0. The molecule has 114 valence electrons. The second kappa shape index (κ2) is 6.61. The van der Waals surface area contributed by atoms with E-state index < -0.39 is 12.0 Å². The monoisotopic (exact) mass is 290 g/mol. The topological polar surface area (TPSA) is 60.9 Å². The van der Waals surface area contributed by atoms with Crippen molar-refractivity contribution in [3.8, 4) is 0 Å². The van der Waals surface area contributed by atoms with E-state index in [1.165, 1.54) is 4.90 Å². The number of hydrogen-bond donors (Lipinski definition) is 1. The van der Waals surface area contributed by atoms with Crippen LogP contribution in [0.25, 0.3) is 0 Å². The summed E-state index contributed by atoms with van der Waals surface area (Å²) >= 11 is 0. The van der Waals surface area contributed by atoms with Gasteiger partial charge >= 0.3 is 12.0 Å². The Bertz CT molecular complexity index is 504. The summed E-state index contributed by atoms with van der Waals surface area (Å²) in [4.78, 5) is 27.1.